The topological polar surface area (TPSA) is 55.4 Å². The fourth-order valence-corrected chi connectivity index (χ4v) is 1.48. The predicted molar refractivity (Wildman–Crippen MR) is 51.9 cm³/mol. The van der Waals surface area contributed by atoms with Crippen molar-refractivity contribution >= 4 is 11.7 Å². The predicted octanol–water partition coefficient (Wildman–Crippen LogP) is 0.649. The molecule has 1 amide bonds. The Balaban J connectivity index is 2.35. The van der Waals surface area contributed by atoms with Gasteiger partial charge in [0.15, 0.2) is 5.78 Å². The highest BCUT2D eigenvalue weighted by molar-refractivity contribution is 5.90. The highest BCUT2D eigenvalue weighted by Gasteiger charge is 2.25. The van der Waals surface area contributed by atoms with Crippen LogP contribution in [0.3, 0.4) is 0 Å². The van der Waals surface area contributed by atoms with Crippen LogP contribution in [0.5, 0.6) is 0 Å². The van der Waals surface area contributed by atoms with Crippen LogP contribution in [0.25, 0.3) is 0 Å². The van der Waals surface area contributed by atoms with Crippen LogP contribution in [-0.2, 0) is 14.3 Å². The summed E-state index contributed by atoms with van der Waals surface area (Å²) in [5, 5.41) is 2.66. The van der Waals surface area contributed by atoms with Crippen molar-refractivity contribution in [3.63, 3.8) is 0 Å². The second kappa shape index (κ2) is 5.10. The van der Waals surface area contributed by atoms with Crippen LogP contribution in [0.4, 0.5) is 0 Å². The molecule has 0 radical (unpaired) electrons. The van der Waals surface area contributed by atoms with Crippen molar-refractivity contribution in [1.82, 2.24) is 5.32 Å². The van der Waals surface area contributed by atoms with Crippen LogP contribution >= 0.6 is 0 Å². The Morgan fingerprint density at radius 2 is 2.29 bits per heavy atom. The first-order valence-electron chi connectivity index (χ1n) is 5.09. The van der Waals surface area contributed by atoms with E-state index in [2.05, 4.69) is 5.32 Å². The van der Waals surface area contributed by atoms with E-state index >= 15 is 0 Å². The Labute approximate surface area is 84.0 Å². The smallest absolute Gasteiger partial charge is 0.249 e. The third-order valence-electron chi connectivity index (χ3n) is 2.41. The number of nitrogens with one attached hydrogen (secondary N) is 1. The van der Waals surface area contributed by atoms with E-state index in [1.165, 1.54) is 0 Å². The molecule has 1 N–H and O–H groups in total. The number of carbonyl (C=O) groups is 2. The second-order valence-corrected chi connectivity index (χ2v) is 3.55. The number of hydrogen-bond donors (Lipinski definition) is 1. The van der Waals surface area contributed by atoms with Gasteiger partial charge in [-0.1, -0.05) is 6.92 Å². The van der Waals surface area contributed by atoms with Gasteiger partial charge in [-0.25, -0.2) is 0 Å². The van der Waals surface area contributed by atoms with Crippen molar-refractivity contribution in [2.75, 3.05) is 6.61 Å². The molecule has 0 aliphatic carbocycles. The Kier molecular flexibility index (Phi) is 4.07. The summed E-state index contributed by atoms with van der Waals surface area (Å²) in [5.41, 5.74) is 0. The molecular weight excluding hydrogens is 182 g/mol. The molecule has 80 valence electrons. The van der Waals surface area contributed by atoms with Gasteiger partial charge in [0.25, 0.3) is 0 Å². The number of Topliss-reactive ketones (excluding diaryl/α,β-unsaturated/α-hetero) is 1. The summed E-state index contributed by atoms with van der Waals surface area (Å²) in [4.78, 5) is 22.7. The standard InChI is InChI=1S/C10H17NO3/c1-3-8(12)7(2)11-10(13)9-5-4-6-14-9/h7,9H,3-6H2,1-2H3,(H,11,13)/t7-,9-/m0/s1. The van der Waals surface area contributed by atoms with Crippen LogP contribution in [-0.4, -0.2) is 30.4 Å². The van der Waals surface area contributed by atoms with Gasteiger partial charge in [-0.05, 0) is 19.8 Å². The molecule has 2 atom stereocenters. The second-order valence-electron chi connectivity index (χ2n) is 3.55. The van der Waals surface area contributed by atoms with Crippen LogP contribution in [0.15, 0.2) is 0 Å². The molecule has 1 fully saturated rings. The lowest BCUT2D eigenvalue weighted by molar-refractivity contribution is -0.133. The van der Waals surface area contributed by atoms with Crippen molar-refractivity contribution in [2.45, 2.75) is 45.3 Å². The quantitative estimate of drug-likeness (QED) is 0.723. The fourth-order valence-electron chi connectivity index (χ4n) is 1.48. The molecule has 0 aromatic heterocycles. The summed E-state index contributed by atoms with van der Waals surface area (Å²) in [6.07, 6.45) is 1.79. The van der Waals surface area contributed by atoms with Crippen molar-refractivity contribution in [3.05, 3.63) is 0 Å². The van der Waals surface area contributed by atoms with Crippen molar-refractivity contribution in [2.24, 2.45) is 0 Å². The molecule has 0 spiro atoms. The van der Waals surface area contributed by atoms with E-state index in [0.29, 0.717) is 13.0 Å². The van der Waals surface area contributed by atoms with Crippen molar-refractivity contribution in [3.8, 4) is 0 Å². The number of hydrogen-bond acceptors (Lipinski definition) is 3. The monoisotopic (exact) mass is 199 g/mol. The molecule has 0 aromatic carbocycles. The van der Waals surface area contributed by atoms with Gasteiger partial charge in [0.05, 0.1) is 6.04 Å². The molecule has 14 heavy (non-hydrogen) atoms. The van der Waals surface area contributed by atoms with Crippen molar-refractivity contribution in [1.29, 1.82) is 0 Å². The first kappa shape index (κ1) is 11.2. The molecule has 1 saturated heterocycles. The molecule has 1 rings (SSSR count). The number of ether oxygens (including phenoxy) is 1. The van der Waals surface area contributed by atoms with Crippen LogP contribution in [0.2, 0.25) is 0 Å². The van der Waals surface area contributed by atoms with Gasteiger partial charge in [0, 0.05) is 13.0 Å². The number of ketones is 1. The first-order chi connectivity index (χ1) is 6.65. The van der Waals surface area contributed by atoms with E-state index in [0.717, 1.165) is 12.8 Å². The normalized spacial score (nSPS) is 23.1. The molecule has 1 heterocycles. The maximum atomic E-state index is 11.5. The SMILES string of the molecule is CCC(=O)[C@H](C)NC(=O)[C@@H]1CCCO1. The summed E-state index contributed by atoms with van der Waals surface area (Å²) in [6, 6.07) is -0.392. The first-order valence-corrected chi connectivity index (χ1v) is 5.09. The minimum Gasteiger partial charge on any atom is -0.368 e. The number of carbonyl (C=O) groups excluding carboxylic acids is 2. The Morgan fingerprint density at radius 1 is 1.57 bits per heavy atom. The Hall–Kier alpha value is -0.900. The highest BCUT2D eigenvalue weighted by Crippen LogP contribution is 2.11. The van der Waals surface area contributed by atoms with E-state index in [9.17, 15) is 9.59 Å². The maximum Gasteiger partial charge on any atom is 0.249 e. The van der Waals surface area contributed by atoms with E-state index in [1.54, 1.807) is 13.8 Å². The summed E-state index contributed by atoms with van der Waals surface area (Å²) >= 11 is 0. The van der Waals surface area contributed by atoms with Crippen LogP contribution in [0, 0.1) is 0 Å². The molecule has 4 heteroatoms. The average Bonchev–Trinajstić information content (AvgIpc) is 2.69. The van der Waals surface area contributed by atoms with Gasteiger partial charge in [-0.2, -0.15) is 0 Å². The lowest BCUT2D eigenvalue weighted by atomic mass is 10.1. The molecular formula is C10H17NO3. The molecule has 0 bridgehead atoms. The summed E-state index contributed by atoms with van der Waals surface area (Å²) in [5.74, 6) is -0.104. The molecule has 1 aliphatic rings. The number of rotatable bonds is 4. The van der Waals surface area contributed by atoms with E-state index in [1.807, 2.05) is 0 Å². The molecule has 1 aliphatic heterocycles. The Morgan fingerprint density at radius 3 is 2.79 bits per heavy atom. The van der Waals surface area contributed by atoms with Crippen LogP contribution in [0.1, 0.15) is 33.1 Å². The van der Waals surface area contributed by atoms with Gasteiger partial charge in [0.1, 0.15) is 6.10 Å². The fraction of sp³-hybridized carbons (Fsp3) is 0.800. The zero-order chi connectivity index (χ0) is 10.6. The Bertz CT molecular complexity index is 221. The summed E-state index contributed by atoms with van der Waals surface area (Å²) < 4.78 is 5.21. The van der Waals surface area contributed by atoms with Gasteiger partial charge in [-0.3, -0.25) is 9.59 Å². The minimum atomic E-state index is -0.392. The zero-order valence-electron chi connectivity index (χ0n) is 8.71. The lowest BCUT2D eigenvalue weighted by Crippen LogP contribution is -2.43. The third-order valence-corrected chi connectivity index (χ3v) is 2.41. The van der Waals surface area contributed by atoms with Gasteiger partial charge >= 0.3 is 0 Å². The van der Waals surface area contributed by atoms with Crippen molar-refractivity contribution < 1.29 is 14.3 Å². The average molecular weight is 199 g/mol. The van der Waals surface area contributed by atoms with Crippen LogP contribution < -0.4 is 5.32 Å². The van der Waals surface area contributed by atoms with E-state index in [4.69, 9.17) is 4.74 Å². The largest absolute Gasteiger partial charge is 0.368 e. The van der Waals surface area contributed by atoms with Gasteiger partial charge in [0.2, 0.25) is 5.91 Å². The molecule has 0 unspecified atom stereocenters. The zero-order valence-corrected chi connectivity index (χ0v) is 8.71. The van der Waals surface area contributed by atoms with Gasteiger partial charge in [-0.15, -0.1) is 0 Å². The minimum absolute atomic E-state index is 0.0522. The molecule has 0 saturated carbocycles. The molecule has 0 aromatic rings. The summed E-state index contributed by atoms with van der Waals surface area (Å²) in [7, 11) is 0. The summed E-state index contributed by atoms with van der Waals surface area (Å²) in [6.45, 7) is 4.14. The van der Waals surface area contributed by atoms with Gasteiger partial charge < -0.3 is 10.1 Å². The number of amides is 1. The van der Waals surface area contributed by atoms with E-state index < -0.39 is 6.04 Å². The highest BCUT2D eigenvalue weighted by atomic mass is 16.5. The maximum absolute atomic E-state index is 11.5. The van der Waals surface area contributed by atoms with E-state index in [-0.39, 0.29) is 17.8 Å². The lowest BCUT2D eigenvalue weighted by Gasteiger charge is -2.14. The molecule has 4 nitrogen and oxygen atoms in total. The third kappa shape index (κ3) is 2.80.